The van der Waals surface area contributed by atoms with E-state index < -0.39 is 0 Å². The van der Waals surface area contributed by atoms with E-state index in [0.717, 1.165) is 56.9 Å². The third-order valence-electron chi connectivity index (χ3n) is 7.99. The molecule has 6 heterocycles. The van der Waals surface area contributed by atoms with Crippen LogP contribution in [0.25, 0.3) is 0 Å². The van der Waals surface area contributed by atoms with Gasteiger partial charge in [0.15, 0.2) is 11.5 Å². The number of piperazine rings is 1. The van der Waals surface area contributed by atoms with E-state index in [1.165, 1.54) is 19.4 Å². The minimum atomic E-state index is -0.0386. The molecule has 4 atom stereocenters. The van der Waals surface area contributed by atoms with Crippen LogP contribution in [0.3, 0.4) is 0 Å². The molecule has 0 spiro atoms. The number of aromatic nitrogens is 1. The zero-order chi connectivity index (χ0) is 22.9. The van der Waals surface area contributed by atoms with Crippen LogP contribution in [0.15, 0.2) is 42.6 Å². The van der Waals surface area contributed by atoms with Crippen molar-refractivity contribution in [2.75, 3.05) is 64.1 Å². The maximum atomic E-state index is 12.7. The zero-order valence-electron chi connectivity index (χ0n) is 19.6. The predicted octanol–water partition coefficient (Wildman–Crippen LogP) is 2.07. The fraction of sp³-hybridized carbons (Fsp3) is 0.538. The second kappa shape index (κ2) is 9.43. The number of nitrogens with zero attached hydrogens (tertiary/aromatic N) is 4. The monoisotopic (exact) mass is 463 g/mol. The maximum absolute atomic E-state index is 12.7. The van der Waals surface area contributed by atoms with Gasteiger partial charge in [-0.05, 0) is 61.6 Å². The van der Waals surface area contributed by atoms with Crippen LogP contribution < -0.4 is 19.7 Å². The summed E-state index contributed by atoms with van der Waals surface area (Å²) in [5.41, 5.74) is 0.628. The Hall–Kier alpha value is -2.84. The topological polar surface area (TPSA) is 70.2 Å². The van der Waals surface area contributed by atoms with E-state index in [1.54, 1.807) is 12.1 Å². The van der Waals surface area contributed by atoms with Crippen LogP contribution in [0.2, 0.25) is 0 Å². The van der Waals surface area contributed by atoms with Crippen molar-refractivity contribution in [2.45, 2.75) is 18.9 Å². The summed E-state index contributed by atoms with van der Waals surface area (Å²) in [4.78, 5) is 24.9. The summed E-state index contributed by atoms with van der Waals surface area (Å²) in [5.74, 6) is 3.90. The number of hydrogen-bond acceptors (Lipinski definition) is 7. The molecule has 4 fully saturated rings. The quantitative estimate of drug-likeness (QED) is 0.703. The second-order valence-corrected chi connectivity index (χ2v) is 9.95. The molecule has 8 heteroatoms. The van der Waals surface area contributed by atoms with Gasteiger partial charge in [0, 0.05) is 63.6 Å². The summed E-state index contributed by atoms with van der Waals surface area (Å²) in [7, 11) is 0. The first-order valence-corrected chi connectivity index (χ1v) is 12.5. The Labute approximate surface area is 200 Å². The number of carbonyl (C=O) groups is 1. The van der Waals surface area contributed by atoms with Crippen LogP contribution in [0.4, 0.5) is 5.82 Å². The van der Waals surface area contributed by atoms with E-state index in [2.05, 4.69) is 37.1 Å². The number of fused-ring (bicyclic) bond motifs is 4. The van der Waals surface area contributed by atoms with Crippen molar-refractivity contribution in [3.63, 3.8) is 0 Å². The number of piperidine rings is 3. The number of anilines is 1. The highest BCUT2D eigenvalue weighted by Gasteiger charge is 2.40. The highest BCUT2D eigenvalue weighted by atomic mass is 16.7. The van der Waals surface area contributed by atoms with E-state index >= 15 is 0 Å². The SMILES string of the molecule is O=C(NC[C@H]1C[C@@H]2CCN1C[C@@H]2CN1CCN(c2ccccn2)CC1)c1ccc2c(c1)OCO2. The van der Waals surface area contributed by atoms with Crippen LogP contribution >= 0.6 is 0 Å². The lowest BCUT2D eigenvalue weighted by atomic mass is 9.75. The molecule has 8 nitrogen and oxygen atoms in total. The lowest BCUT2D eigenvalue weighted by Crippen LogP contribution is -2.59. The van der Waals surface area contributed by atoms with Gasteiger partial charge in [-0.1, -0.05) is 6.07 Å². The lowest BCUT2D eigenvalue weighted by molar-refractivity contribution is -0.0120. The van der Waals surface area contributed by atoms with Crippen molar-refractivity contribution in [1.82, 2.24) is 20.1 Å². The molecule has 1 amide bonds. The van der Waals surface area contributed by atoms with Crippen molar-refractivity contribution < 1.29 is 14.3 Å². The summed E-state index contributed by atoms with van der Waals surface area (Å²) >= 11 is 0. The summed E-state index contributed by atoms with van der Waals surface area (Å²) in [5, 5.41) is 3.16. The standard InChI is InChI=1S/C26H33N5O3/c32-26(20-4-5-23-24(14-20)34-18-33-23)28-15-22-13-19-6-8-31(22)17-21(19)16-29-9-11-30(12-10-29)25-3-1-2-7-27-25/h1-5,7,14,19,21-22H,6,8-13,15-18H2,(H,28,32)/t19-,21-,22+/m0/s1. The Kier molecular flexibility index (Phi) is 6.01. The van der Waals surface area contributed by atoms with E-state index in [9.17, 15) is 4.79 Å². The number of benzene rings is 1. The number of hydrogen-bond donors (Lipinski definition) is 1. The molecule has 0 radical (unpaired) electrons. The van der Waals surface area contributed by atoms with Crippen molar-refractivity contribution >= 4 is 11.7 Å². The zero-order valence-corrected chi connectivity index (χ0v) is 19.6. The highest BCUT2D eigenvalue weighted by molar-refractivity contribution is 5.94. The second-order valence-electron chi connectivity index (χ2n) is 9.95. The molecular weight excluding hydrogens is 430 g/mol. The first kappa shape index (κ1) is 21.7. The fourth-order valence-electron chi connectivity index (χ4n) is 6.05. The normalized spacial score (nSPS) is 28.2. The van der Waals surface area contributed by atoms with Crippen LogP contribution in [0.5, 0.6) is 11.5 Å². The number of ether oxygens (including phenoxy) is 2. The van der Waals surface area contributed by atoms with Crippen molar-refractivity contribution in [1.29, 1.82) is 0 Å². The number of pyridine rings is 1. The number of carbonyl (C=O) groups excluding carboxylic acids is 1. The first-order chi connectivity index (χ1) is 16.7. The van der Waals surface area contributed by atoms with Gasteiger partial charge in [-0.2, -0.15) is 0 Å². The third kappa shape index (κ3) is 4.44. The van der Waals surface area contributed by atoms with E-state index in [0.29, 0.717) is 29.6 Å². The first-order valence-electron chi connectivity index (χ1n) is 12.5. The smallest absolute Gasteiger partial charge is 0.251 e. The number of amides is 1. The maximum Gasteiger partial charge on any atom is 0.251 e. The molecule has 1 aromatic heterocycles. The number of rotatable bonds is 6. The molecule has 1 unspecified atom stereocenters. The Morgan fingerprint density at radius 3 is 2.74 bits per heavy atom. The molecule has 1 N–H and O–H groups in total. The summed E-state index contributed by atoms with van der Waals surface area (Å²) in [6.45, 7) is 8.73. The van der Waals surface area contributed by atoms with Crippen LogP contribution in [-0.2, 0) is 0 Å². The van der Waals surface area contributed by atoms with Gasteiger partial charge in [-0.25, -0.2) is 4.98 Å². The Morgan fingerprint density at radius 2 is 1.94 bits per heavy atom. The van der Waals surface area contributed by atoms with Gasteiger partial charge in [-0.15, -0.1) is 0 Å². The van der Waals surface area contributed by atoms with Crippen molar-refractivity contribution in [3.8, 4) is 11.5 Å². The molecule has 2 bridgehead atoms. The molecule has 180 valence electrons. The van der Waals surface area contributed by atoms with E-state index in [4.69, 9.17) is 9.47 Å². The molecule has 5 aliphatic heterocycles. The van der Waals surface area contributed by atoms with Gasteiger partial charge in [0.25, 0.3) is 5.91 Å². The molecule has 0 saturated carbocycles. The van der Waals surface area contributed by atoms with Crippen molar-refractivity contribution in [3.05, 3.63) is 48.2 Å². The largest absolute Gasteiger partial charge is 0.454 e. The van der Waals surface area contributed by atoms with E-state index in [-0.39, 0.29) is 12.7 Å². The molecule has 4 saturated heterocycles. The lowest BCUT2D eigenvalue weighted by Gasteiger charge is -2.51. The van der Waals surface area contributed by atoms with E-state index in [1.807, 2.05) is 18.3 Å². The molecule has 0 aliphatic carbocycles. The summed E-state index contributed by atoms with van der Waals surface area (Å²) in [6.07, 6.45) is 4.34. The molecule has 7 rings (SSSR count). The Balaban J connectivity index is 0.979. The van der Waals surface area contributed by atoms with Crippen LogP contribution in [-0.4, -0.2) is 85.9 Å². The van der Waals surface area contributed by atoms with Gasteiger partial charge >= 0.3 is 0 Å². The number of nitrogens with one attached hydrogen (secondary N) is 1. The Morgan fingerprint density at radius 1 is 1.06 bits per heavy atom. The third-order valence-corrected chi connectivity index (χ3v) is 7.99. The van der Waals surface area contributed by atoms with Gasteiger partial charge < -0.3 is 19.7 Å². The molecule has 2 aromatic rings. The summed E-state index contributed by atoms with van der Waals surface area (Å²) < 4.78 is 10.7. The average molecular weight is 464 g/mol. The van der Waals surface area contributed by atoms with Gasteiger partial charge in [0.1, 0.15) is 5.82 Å². The minimum Gasteiger partial charge on any atom is -0.454 e. The van der Waals surface area contributed by atoms with Gasteiger partial charge in [0.2, 0.25) is 6.79 Å². The van der Waals surface area contributed by atoms with Crippen molar-refractivity contribution in [2.24, 2.45) is 11.8 Å². The molecular formula is C26H33N5O3. The average Bonchev–Trinajstić information content (AvgIpc) is 3.37. The Bertz CT molecular complexity index is 1010. The van der Waals surface area contributed by atoms with Crippen LogP contribution in [0, 0.1) is 11.8 Å². The van der Waals surface area contributed by atoms with Crippen LogP contribution in [0.1, 0.15) is 23.2 Å². The molecule has 5 aliphatic rings. The van der Waals surface area contributed by atoms with Gasteiger partial charge in [-0.3, -0.25) is 14.6 Å². The molecule has 34 heavy (non-hydrogen) atoms. The molecule has 1 aromatic carbocycles. The van der Waals surface area contributed by atoms with Gasteiger partial charge in [0.05, 0.1) is 0 Å². The fourth-order valence-corrected chi connectivity index (χ4v) is 6.05. The predicted molar refractivity (Wildman–Crippen MR) is 129 cm³/mol. The minimum absolute atomic E-state index is 0.0386. The summed E-state index contributed by atoms with van der Waals surface area (Å²) in [6, 6.07) is 12.0. The highest BCUT2D eigenvalue weighted by Crippen LogP contribution is 2.37.